The zero-order chi connectivity index (χ0) is 13.0. The van der Waals surface area contributed by atoms with Crippen LogP contribution >= 0.6 is 0 Å². The Balaban J connectivity index is -0.00000128. The van der Waals surface area contributed by atoms with Crippen molar-refractivity contribution in [2.24, 2.45) is 0 Å². The van der Waals surface area contributed by atoms with Gasteiger partial charge < -0.3 is 4.48 Å². The van der Waals surface area contributed by atoms with E-state index in [0.717, 1.165) is 0 Å². The van der Waals surface area contributed by atoms with Crippen molar-refractivity contribution in [2.75, 3.05) is 26.2 Å². The molecule has 0 saturated heterocycles. The van der Waals surface area contributed by atoms with E-state index in [1.165, 1.54) is 82.0 Å². The predicted octanol–water partition coefficient (Wildman–Crippen LogP) is -0.988. The maximum atomic E-state index is 2.33. The van der Waals surface area contributed by atoms with E-state index in [-0.39, 0.29) is 80.9 Å². The second-order valence-corrected chi connectivity index (χ2v) is 5.65. The molecule has 0 aliphatic carbocycles. The summed E-state index contributed by atoms with van der Waals surface area (Å²) in [5.74, 6) is 0. The van der Waals surface area contributed by atoms with Gasteiger partial charge in [0.1, 0.15) is 0 Å². The first kappa shape index (κ1) is 26.5. The van der Waals surface area contributed by atoms with Crippen molar-refractivity contribution in [1.29, 1.82) is 0 Å². The minimum atomic E-state index is 0. The molecule has 0 aliphatic heterocycles. The van der Waals surface area contributed by atoms with Crippen LogP contribution in [0.4, 0.5) is 0 Å². The zero-order valence-corrected chi connectivity index (χ0v) is 20.1. The summed E-state index contributed by atoms with van der Waals surface area (Å²) in [7, 11) is 0. The van der Waals surface area contributed by atoms with Gasteiger partial charge in [-0.3, -0.25) is 0 Å². The third-order valence-electron chi connectivity index (χ3n) is 3.94. The molecule has 0 unspecified atom stereocenters. The van der Waals surface area contributed by atoms with Gasteiger partial charge in [0, 0.05) is 0 Å². The molecule has 104 valence electrons. The van der Waals surface area contributed by atoms with Crippen LogP contribution in [-0.4, -0.2) is 30.7 Å². The summed E-state index contributed by atoms with van der Waals surface area (Å²) in [5, 5.41) is 0. The van der Waals surface area contributed by atoms with Gasteiger partial charge in [0.15, 0.2) is 0 Å². The van der Waals surface area contributed by atoms with Gasteiger partial charge in [0.05, 0.1) is 26.2 Å². The van der Waals surface area contributed by atoms with E-state index >= 15 is 0 Å². The van der Waals surface area contributed by atoms with Gasteiger partial charge in [0.2, 0.25) is 0 Å². The van der Waals surface area contributed by atoms with E-state index in [4.69, 9.17) is 0 Å². The second kappa shape index (κ2) is 18.6. The molecule has 0 spiro atoms. The van der Waals surface area contributed by atoms with Crippen LogP contribution < -0.4 is 80.9 Å². The molecule has 0 aromatic heterocycles. The molecule has 0 bridgehead atoms. The van der Waals surface area contributed by atoms with Crippen molar-refractivity contribution in [2.45, 2.75) is 79.1 Å². The van der Waals surface area contributed by atoms with Crippen LogP contribution in [0.1, 0.15) is 79.1 Å². The molecule has 19 heavy (non-hydrogen) atoms. The predicted molar refractivity (Wildman–Crippen MR) is 79.4 cm³/mol. The summed E-state index contributed by atoms with van der Waals surface area (Å²) in [5.41, 5.74) is 0. The Morgan fingerprint density at radius 2 is 0.737 bits per heavy atom. The first-order chi connectivity index (χ1) is 8.24. The maximum Gasteiger partial charge on any atom is 1.00 e. The van der Waals surface area contributed by atoms with Gasteiger partial charge in [-0.2, -0.15) is 0 Å². The number of hydrogen-bond donors (Lipinski definition) is 0. The molecule has 3 heteroatoms. The number of nitrogens with zero attached hydrogens (tertiary/aromatic N) is 1. The minimum Gasteiger partial charge on any atom is -0.324 e. The Morgan fingerprint density at radius 1 is 0.526 bits per heavy atom. The van der Waals surface area contributed by atoms with Gasteiger partial charge in [-0.05, 0) is 25.7 Å². The molecule has 0 aromatic carbocycles. The van der Waals surface area contributed by atoms with E-state index < -0.39 is 0 Å². The van der Waals surface area contributed by atoms with Crippen molar-refractivity contribution >= 4 is 0 Å². The molecular weight excluding hydrogens is 268 g/mol. The van der Waals surface area contributed by atoms with Crippen molar-refractivity contribution < 1.29 is 85.4 Å². The largest absolute Gasteiger partial charge is 1.00 e. The van der Waals surface area contributed by atoms with Crippen molar-refractivity contribution in [3.63, 3.8) is 0 Å². The van der Waals surface area contributed by atoms with E-state index in [1.54, 1.807) is 0 Å². The fourth-order valence-corrected chi connectivity index (χ4v) is 2.64. The fourth-order valence-electron chi connectivity index (χ4n) is 2.64. The topological polar surface area (TPSA) is 0 Å². The van der Waals surface area contributed by atoms with Gasteiger partial charge in [-0.1, -0.05) is 53.4 Å². The normalized spacial score (nSPS) is 10.7. The monoisotopic (exact) mass is 304 g/mol. The number of hydrogen-bond acceptors (Lipinski definition) is 0. The van der Waals surface area contributed by atoms with Gasteiger partial charge in [-0.25, -0.2) is 0 Å². The Bertz CT molecular complexity index is 127. The quantitative estimate of drug-likeness (QED) is 0.321. The average Bonchev–Trinajstić information content (AvgIpc) is 2.37. The Hall–Kier alpha value is 2.60. The second-order valence-electron chi connectivity index (χ2n) is 5.65. The van der Waals surface area contributed by atoms with E-state index in [2.05, 4.69) is 27.7 Å². The Labute approximate surface area is 188 Å². The summed E-state index contributed by atoms with van der Waals surface area (Å²) >= 11 is 0. The van der Waals surface area contributed by atoms with Crippen LogP contribution in [0, 0.1) is 0 Å². The summed E-state index contributed by atoms with van der Waals surface area (Å²) in [4.78, 5) is 0. The molecule has 1 nitrogen and oxygen atoms in total. The summed E-state index contributed by atoms with van der Waals surface area (Å²) < 4.78 is 1.42. The molecule has 0 N–H and O–H groups in total. The van der Waals surface area contributed by atoms with Crippen LogP contribution in [-0.2, 0) is 0 Å². The molecule has 0 amide bonds. The maximum absolute atomic E-state index is 2.33. The molecule has 0 aliphatic rings. The molecule has 0 heterocycles. The van der Waals surface area contributed by atoms with Crippen molar-refractivity contribution in [3.8, 4) is 0 Å². The van der Waals surface area contributed by atoms with Crippen LogP contribution in [0.5, 0.6) is 0 Å². The van der Waals surface area contributed by atoms with Gasteiger partial charge >= 0.3 is 80.9 Å². The number of rotatable bonds is 12. The third-order valence-corrected chi connectivity index (χ3v) is 3.94. The average molecular weight is 305 g/mol. The number of unbranched alkanes of at least 4 members (excludes halogenated alkanes) is 4. The molecule has 0 atom stereocenters. The van der Waals surface area contributed by atoms with Gasteiger partial charge in [-0.15, -0.1) is 0 Å². The van der Waals surface area contributed by atoms with E-state index in [0.29, 0.717) is 0 Å². The molecule has 0 aromatic rings. The third kappa shape index (κ3) is 13.9. The smallest absolute Gasteiger partial charge is 0.324 e. The van der Waals surface area contributed by atoms with E-state index in [1.807, 2.05) is 0 Å². The molecule has 0 saturated carbocycles. The Morgan fingerprint density at radius 3 is 0.895 bits per heavy atom. The fraction of sp³-hybridized carbons (Fsp3) is 1.00. The van der Waals surface area contributed by atoms with Crippen LogP contribution in [0.2, 0.25) is 0 Å². The zero-order valence-electron chi connectivity index (χ0n) is 14.9. The summed E-state index contributed by atoms with van der Waals surface area (Å²) in [6, 6.07) is 0. The first-order valence-corrected chi connectivity index (χ1v) is 8.09. The first-order valence-electron chi connectivity index (χ1n) is 8.09. The molecule has 0 fully saturated rings. The molecular formula is C16H36KNNa+3. The number of quaternary nitrogens is 1. The van der Waals surface area contributed by atoms with Crippen LogP contribution in [0.25, 0.3) is 0 Å². The van der Waals surface area contributed by atoms with Crippen molar-refractivity contribution in [3.05, 3.63) is 0 Å². The molecule has 0 rings (SSSR count). The standard InChI is InChI=1S/C16H36N.K.Na/c1-5-9-13-17(14-10-6-2,15-11-7-3)16-12-8-4;;/h5-16H2,1-4H3;;/q3*+1. The van der Waals surface area contributed by atoms with Crippen molar-refractivity contribution in [1.82, 2.24) is 0 Å². The minimum absolute atomic E-state index is 0. The molecule has 0 radical (unpaired) electrons. The summed E-state index contributed by atoms with van der Waals surface area (Å²) in [6.45, 7) is 15.0. The van der Waals surface area contributed by atoms with Gasteiger partial charge in [0.25, 0.3) is 0 Å². The van der Waals surface area contributed by atoms with Crippen LogP contribution in [0.3, 0.4) is 0 Å². The van der Waals surface area contributed by atoms with E-state index in [9.17, 15) is 0 Å². The SMILES string of the molecule is CCCC[N+](CCCC)(CCCC)CCCC.[K+].[Na+]. The summed E-state index contributed by atoms with van der Waals surface area (Å²) in [6.07, 6.45) is 11.1. The van der Waals surface area contributed by atoms with Crippen LogP contribution in [0.15, 0.2) is 0 Å². The Kier molecular flexibility index (Phi) is 26.0.